The van der Waals surface area contributed by atoms with Crippen molar-refractivity contribution in [1.29, 1.82) is 0 Å². The Morgan fingerprint density at radius 3 is 2.81 bits per heavy atom. The molecule has 2 rings (SSSR count). The highest BCUT2D eigenvalue weighted by Crippen LogP contribution is 2.17. The van der Waals surface area contributed by atoms with Gasteiger partial charge in [-0.1, -0.05) is 13.0 Å². The van der Waals surface area contributed by atoms with Crippen molar-refractivity contribution in [3.63, 3.8) is 0 Å². The fraction of sp³-hybridized carbons (Fsp3) is 0.438. The number of hydrogen-bond acceptors (Lipinski definition) is 5. The summed E-state index contributed by atoms with van der Waals surface area (Å²) in [5.41, 5.74) is 1.80. The van der Waals surface area contributed by atoms with Gasteiger partial charge >= 0.3 is 0 Å². The maximum Gasteiger partial charge on any atom is 0.180 e. The number of rotatable bonds is 7. The molecule has 5 heteroatoms. The number of methoxy groups -OCH3 is 1. The van der Waals surface area contributed by atoms with E-state index in [1.807, 2.05) is 24.3 Å². The van der Waals surface area contributed by atoms with Crippen LogP contribution in [-0.4, -0.2) is 34.7 Å². The van der Waals surface area contributed by atoms with Crippen LogP contribution in [-0.2, 0) is 11.2 Å². The normalized spacial score (nSPS) is 12.1. The molecule has 0 saturated heterocycles. The van der Waals surface area contributed by atoms with E-state index in [-0.39, 0.29) is 0 Å². The van der Waals surface area contributed by atoms with E-state index in [2.05, 4.69) is 34.1 Å². The summed E-state index contributed by atoms with van der Waals surface area (Å²) in [5, 5.41) is 3.40. The van der Waals surface area contributed by atoms with Gasteiger partial charge in [0.15, 0.2) is 5.82 Å². The lowest BCUT2D eigenvalue weighted by molar-refractivity contribution is 0.191. The van der Waals surface area contributed by atoms with Crippen LogP contribution >= 0.6 is 0 Å². The summed E-state index contributed by atoms with van der Waals surface area (Å²) in [4.78, 5) is 13.4. The van der Waals surface area contributed by atoms with Crippen molar-refractivity contribution in [3.05, 3.63) is 36.2 Å². The SMILES string of the molecule is CCc1cc(NC(C)CCOC)nc(-c2ccccn2)n1. The third kappa shape index (κ3) is 4.49. The van der Waals surface area contributed by atoms with Crippen molar-refractivity contribution in [1.82, 2.24) is 15.0 Å². The number of nitrogens with zero attached hydrogens (tertiary/aromatic N) is 3. The summed E-state index contributed by atoms with van der Waals surface area (Å²) in [7, 11) is 1.71. The molecular formula is C16H22N4O. The summed E-state index contributed by atoms with van der Waals surface area (Å²) >= 11 is 0. The maximum atomic E-state index is 5.11. The van der Waals surface area contributed by atoms with Crippen molar-refractivity contribution >= 4 is 5.82 Å². The molecule has 1 atom stereocenters. The lowest BCUT2D eigenvalue weighted by atomic mass is 10.2. The first-order chi connectivity index (χ1) is 10.2. The molecule has 0 bridgehead atoms. The second-order valence-corrected chi connectivity index (χ2v) is 4.96. The second kappa shape index (κ2) is 7.69. The Balaban J connectivity index is 2.22. The number of ether oxygens (including phenoxy) is 1. The highest BCUT2D eigenvalue weighted by molar-refractivity contribution is 5.53. The first-order valence-corrected chi connectivity index (χ1v) is 7.27. The van der Waals surface area contributed by atoms with Crippen LogP contribution < -0.4 is 5.32 Å². The van der Waals surface area contributed by atoms with Crippen LogP contribution in [0.3, 0.4) is 0 Å². The fourth-order valence-corrected chi connectivity index (χ4v) is 1.98. The fourth-order valence-electron chi connectivity index (χ4n) is 1.98. The van der Waals surface area contributed by atoms with Crippen LogP contribution in [0, 0.1) is 0 Å². The van der Waals surface area contributed by atoms with Crippen molar-refractivity contribution in [2.75, 3.05) is 19.0 Å². The summed E-state index contributed by atoms with van der Waals surface area (Å²) < 4.78 is 5.11. The van der Waals surface area contributed by atoms with Gasteiger partial charge < -0.3 is 10.1 Å². The van der Waals surface area contributed by atoms with Crippen molar-refractivity contribution in [3.8, 4) is 11.5 Å². The quantitative estimate of drug-likeness (QED) is 0.848. The predicted molar refractivity (Wildman–Crippen MR) is 84.2 cm³/mol. The molecule has 0 amide bonds. The molecule has 0 fully saturated rings. The molecule has 2 aromatic heterocycles. The molecular weight excluding hydrogens is 264 g/mol. The molecule has 0 aliphatic carbocycles. The van der Waals surface area contributed by atoms with Gasteiger partial charge in [0.2, 0.25) is 0 Å². The van der Waals surface area contributed by atoms with Gasteiger partial charge in [0.25, 0.3) is 0 Å². The Labute approximate surface area is 125 Å². The lowest BCUT2D eigenvalue weighted by Gasteiger charge is -2.15. The van der Waals surface area contributed by atoms with Gasteiger partial charge in [-0.15, -0.1) is 0 Å². The van der Waals surface area contributed by atoms with Gasteiger partial charge in [0.1, 0.15) is 11.5 Å². The summed E-state index contributed by atoms with van der Waals surface area (Å²) in [6.07, 6.45) is 3.55. The first-order valence-electron chi connectivity index (χ1n) is 7.27. The monoisotopic (exact) mass is 286 g/mol. The van der Waals surface area contributed by atoms with E-state index in [0.717, 1.165) is 36.7 Å². The van der Waals surface area contributed by atoms with Crippen LogP contribution in [0.4, 0.5) is 5.82 Å². The predicted octanol–water partition coefficient (Wildman–Crippen LogP) is 2.94. The zero-order chi connectivity index (χ0) is 15.1. The van der Waals surface area contributed by atoms with Gasteiger partial charge in [0, 0.05) is 37.7 Å². The lowest BCUT2D eigenvalue weighted by Crippen LogP contribution is -2.18. The number of anilines is 1. The standard InChI is InChI=1S/C16H22N4O/c1-4-13-11-15(18-12(2)8-10-21-3)20-16(19-13)14-7-5-6-9-17-14/h5-7,9,11-12H,4,8,10H2,1-3H3,(H,18,19,20). The molecule has 21 heavy (non-hydrogen) atoms. The number of hydrogen-bond donors (Lipinski definition) is 1. The second-order valence-electron chi connectivity index (χ2n) is 4.96. The Morgan fingerprint density at radius 1 is 1.29 bits per heavy atom. The van der Waals surface area contributed by atoms with Gasteiger partial charge in [-0.3, -0.25) is 4.98 Å². The number of pyridine rings is 1. The molecule has 112 valence electrons. The smallest absolute Gasteiger partial charge is 0.180 e. The highest BCUT2D eigenvalue weighted by Gasteiger charge is 2.09. The molecule has 0 spiro atoms. The van der Waals surface area contributed by atoms with Crippen molar-refractivity contribution < 1.29 is 4.74 Å². The van der Waals surface area contributed by atoms with Crippen LogP contribution in [0.5, 0.6) is 0 Å². The van der Waals surface area contributed by atoms with Gasteiger partial charge in [0.05, 0.1) is 0 Å². The first kappa shape index (κ1) is 15.4. The van der Waals surface area contributed by atoms with E-state index < -0.39 is 0 Å². The molecule has 0 saturated carbocycles. The molecule has 2 heterocycles. The van der Waals surface area contributed by atoms with E-state index >= 15 is 0 Å². The average molecular weight is 286 g/mol. The Bertz CT molecular complexity index is 559. The molecule has 0 aromatic carbocycles. The molecule has 1 unspecified atom stereocenters. The van der Waals surface area contributed by atoms with E-state index in [1.54, 1.807) is 13.3 Å². The van der Waals surface area contributed by atoms with E-state index in [9.17, 15) is 0 Å². The molecule has 5 nitrogen and oxygen atoms in total. The Hall–Kier alpha value is -2.01. The molecule has 0 radical (unpaired) electrons. The van der Waals surface area contributed by atoms with E-state index in [1.165, 1.54) is 0 Å². The molecule has 0 aliphatic rings. The summed E-state index contributed by atoms with van der Waals surface area (Å²) in [6, 6.07) is 8.04. The molecule has 1 N–H and O–H groups in total. The zero-order valence-electron chi connectivity index (χ0n) is 12.8. The van der Waals surface area contributed by atoms with Crippen molar-refractivity contribution in [2.45, 2.75) is 32.7 Å². The third-order valence-corrected chi connectivity index (χ3v) is 3.18. The van der Waals surface area contributed by atoms with Gasteiger partial charge in [-0.25, -0.2) is 9.97 Å². The Morgan fingerprint density at radius 2 is 2.14 bits per heavy atom. The maximum absolute atomic E-state index is 5.11. The van der Waals surface area contributed by atoms with E-state index in [0.29, 0.717) is 11.9 Å². The number of nitrogens with one attached hydrogen (secondary N) is 1. The molecule has 0 aliphatic heterocycles. The topological polar surface area (TPSA) is 59.9 Å². The van der Waals surface area contributed by atoms with Crippen LogP contribution in [0.2, 0.25) is 0 Å². The largest absolute Gasteiger partial charge is 0.385 e. The highest BCUT2D eigenvalue weighted by atomic mass is 16.5. The summed E-state index contributed by atoms with van der Waals surface area (Å²) in [5.74, 6) is 1.50. The van der Waals surface area contributed by atoms with Gasteiger partial charge in [-0.05, 0) is 31.9 Å². The van der Waals surface area contributed by atoms with Crippen LogP contribution in [0.15, 0.2) is 30.5 Å². The van der Waals surface area contributed by atoms with Crippen molar-refractivity contribution in [2.24, 2.45) is 0 Å². The minimum atomic E-state index is 0.293. The minimum Gasteiger partial charge on any atom is -0.385 e. The Kier molecular flexibility index (Phi) is 5.63. The average Bonchev–Trinajstić information content (AvgIpc) is 2.53. The van der Waals surface area contributed by atoms with Crippen LogP contribution in [0.25, 0.3) is 11.5 Å². The van der Waals surface area contributed by atoms with Crippen LogP contribution in [0.1, 0.15) is 26.0 Å². The van der Waals surface area contributed by atoms with Gasteiger partial charge in [-0.2, -0.15) is 0 Å². The summed E-state index contributed by atoms with van der Waals surface area (Å²) in [6.45, 7) is 4.93. The molecule has 2 aromatic rings. The third-order valence-electron chi connectivity index (χ3n) is 3.18. The number of aryl methyl sites for hydroxylation is 1. The van der Waals surface area contributed by atoms with E-state index in [4.69, 9.17) is 4.74 Å². The number of aromatic nitrogens is 3. The minimum absolute atomic E-state index is 0.293. The zero-order valence-corrected chi connectivity index (χ0v) is 12.8.